The summed E-state index contributed by atoms with van der Waals surface area (Å²) in [7, 11) is -3.27. The van der Waals surface area contributed by atoms with E-state index in [1.807, 2.05) is 44.2 Å². The molecule has 2 aromatic rings. The van der Waals surface area contributed by atoms with Crippen molar-refractivity contribution in [3.8, 4) is 0 Å². The monoisotopic (exact) mass is 376 g/mol. The molecular weight excluding hydrogens is 348 g/mol. The molecule has 6 heteroatoms. The first-order chi connectivity index (χ1) is 12.4. The van der Waals surface area contributed by atoms with Gasteiger partial charge in [-0.25, -0.2) is 13.1 Å². The lowest BCUT2D eigenvalue weighted by Gasteiger charge is -2.31. The van der Waals surface area contributed by atoms with Crippen molar-refractivity contribution < 1.29 is 12.8 Å². The zero-order valence-electron chi connectivity index (χ0n) is 15.6. The molecular formula is C20H28N2O3S. The summed E-state index contributed by atoms with van der Waals surface area (Å²) in [4.78, 5) is 2.42. The Morgan fingerprint density at radius 2 is 1.85 bits per heavy atom. The number of nitrogens with one attached hydrogen (secondary N) is 1. The summed E-state index contributed by atoms with van der Waals surface area (Å²) in [5.74, 6) is 2.41. The molecule has 1 fully saturated rings. The standard InChI is InChI=1S/C20H28N2O3S/c1-16-12-20(17(2)25-16)14-22-10-8-18(9-11-22)13-21-26(23,24)15-19-6-4-3-5-7-19/h3-7,12,18,21H,8-11,13-15H2,1-2H3. The molecule has 0 atom stereocenters. The summed E-state index contributed by atoms with van der Waals surface area (Å²) in [5.41, 5.74) is 2.07. The molecule has 1 aliphatic heterocycles. The smallest absolute Gasteiger partial charge is 0.215 e. The molecule has 26 heavy (non-hydrogen) atoms. The Morgan fingerprint density at radius 1 is 1.15 bits per heavy atom. The molecule has 0 saturated carbocycles. The van der Waals surface area contributed by atoms with E-state index in [2.05, 4.69) is 15.7 Å². The van der Waals surface area contributed by atoms with Gasteiger partial charge in [-0.3, -0.25) is 4.90 Å². The van der Waals surface area contributed by atoms with Gasteiger partial charge in [-0.1, -0.05) is 30.3 Å². The first kappa shape index (κ1) is 19.1. The Kier molecular flexibility index (Phi) is 6.16. The predicted octanol–water partition coefficient (Wildman–Crippen LogP) is 3.23. The highest BCUT2D eigenvalue weighted by Gasteiger charge is 2.22. The number of benzene rings is 1. The van der Waals surface area contributed by atoms with Gasteiger partial charge in [0.25, 0.3) is 0 Å². The second-order valence-electron chi connectivity index (χ2n) is 7.25. The van der Waals surface area contributed by atoms with Crippen molar-refractivity contribution in [3.05, 3.63) is 59.0 Å². The van der Waals surface area contributed by atoms with Gasteiger partial charge >= 0.3 is 0 Å². The number of rotatable bonds is 7. The van der Waals surface area contributed by atoms with E-state index in [4.69, 9.17) is 4.42 Å². The second-order valence-corrected chi connectivity index (χ2v) is 9.06. The van der Waals surface area contributed by atoms with Crippen molar-refractivity contribution in [3.63, 3.8) is 0 Å². The quantitative estimate of drug-likeness (QED) is 0.806. The molecule has 3 rings (SSSR count). The second kappa shape index (κ2) is 8.37. The van der Waals surface area contributed by atoms with Gasteiger partial charge in [0, 0.05) is 18.7 Å². The van der Waals surface area contributed by atoms with Crippen LogP contribution >= 0.6 is 0 Å². The van der Waals surface area contributed by atoms with Crippen LogP contribution in [0.1, 0.15) is 35.5 Å². The van der Waals surface area contributed by atoms with Gasteiger partial charge < -0.3 is 4.42 Å². The van der Waals surface area contributed by atoms with Crippen molar-refractivity contribution in [1.82, 2.24) is 9.62 Å². The minimum atomic E-state index is -3.27. The molecule has 0 amide bonds. The van der Waals surface area contributed by atoms with Gasteiger partial charge in [-0.15, -0.1) is 0 Å². The zero-order chi connectivity index (χ0) is 18.6. The van der Waals surface area contributed by atoms with Gasteiger partial charge in [-0.05, 0) is 57.3 Å². The van der Waals surface area contributed by atoms with Crippen molar-refractivity contribution in [2.24, 2.45) is 5.92 Å². The van der Waals surface area contributed by atoms with Crippen LogP contribution < -0.4 is 4.72 Å². The number of hydrogen-bond acceptors (Lipinski definition) is 4. The number of piperidine rings is 1. The van der Waals surface area contributed by atoms with Crippen molar-refractivity contribution in [2.45, 2.75) is 39.0 Å². The molecule has 1 N–H and O–H groups in total. The van der Waals surface area contributed by atoms with Gasteiger partial charge in [-0.2, -0.15) is 0 Å². The Morgan fingerprint density at radius 3 is 2.46 bits per heavy atom. The molecule has 1 aliphatic rings. The lowest BCUT2D eigenvalue weighted by molar-refractivity contribution is 0.178. The highest BCUT2D eigenvalue weighted by atomic mass is 32.2. The third kappa shape index (κ3) is 5.43. The largest absolute Gasteiger partial charge is 0.466 e. The Labute approximate surface area is 156 Å². The molecule has 0 radical (unpaired) electrons. The fourth-order valence-electron chi connectivity index (χ4n) is 3.52. The molecule has 0 bridgehead atoms. The SMILES string of the molecule is Cc1cc(CN2CCC(CNS(=O)(=O)Cc3ccccc3)CC2)c(C)o1. The summed E-state index contributed by atoms with van der Waals surface area (Å²) in [5, 5.41) is 0. The maximum absolute atomic E-state index is 12.3. The van der Waals surface area contributed by atoms with E-state index in [0.29, 0.717) is 12.5 Å². The van der Waals surface area contributed by atoms with E-state index in [1.165, 1.54) is 5.56 Å². The highest BCUT2D eigenvalue weighted by molar-refractivity contribution is 7.88. The van der Waals surface area contributed by atoms with Gasteiger partial charge in [0.05, 0.1) is 5.75 Å². The van der Waals surface area contributed by atoms with Gasteiger partial charge in [0.15, 0.2) is 0 Å². The molecule has 142 valence electrons. The Bertz CT molecular complexity index is 807. The molecule has 2 heterocycles. The van der Waals surface area contributed by atoms with Gasteiger partial charge in [0.1, 0.15) is 11.5 Å². The van der Waals surface area contributed by atoms with E-state index in [9.17, 15) is 8.42 Å². The van der Waals surface area contributed by atoms with Crippen LogP contribution in [0.5, 0.6) is 0 Å². The molecule has 0 aliphatic carbocycles. The number of aryl methyl sites for hydroxylation is 2. The van der Waals surface area contributed by atoms with Crippen molar-refractivity contribution >= 4 is 10.0 Å². The molecule has 1 aromatic heterocycles. The number of nitrogens with zero attached hydrogens (tertiary/aromatic N) is 1. The highest BCUT2D eigenvalue weighted by Crippen LogP contribution is 2.21. The van der Waals surface area contributed by atoms with E-state index in [1.54, 1.807) is 0 Å². The maximum Gasteiger partial charge on any atom is 0.215 e. The van der Waals surface area contributed by atoms with E-state index < -0.39 is 10.0 Å². The van der Waals surface area contributed by atoms with Crippen molar-refractivity contribution in [1.29, 1.82) is 0 Å². The van der Waals surface area contributed by atoms with Crippen LogP contribution in [0.15, 0.2) is 40.8 Å². The van der Waals surface area contributed by atoms with E-state index in [0.717, 1.165) is 49.6 Å². The summed E-state index contributed by atoms with van der Waals surface area (Å²) in [6, 6.07) is 11.4. The minimum Gasteiger partial charge on any atom is -0.466 e. The van der Waals surface area contributed by atoms with Crippen LogP contribution in [-0.4, -0.2) is 33.0 Å². The molecule has 0 unspecified atom stereocenters. The maximum atomic E-state index is 12.3. The van der Waals surface area contributed by atoms with Gasteiger partial charge in [0.2, 0.25) is 10.0 Å². The van der Waals surface area contributed by atoms with Crippen LogP contribution in [0.4, 0.5) is 0 Å². The van der Waals surface area contributed by atoms with E-state index >= 15 is 0 Å². The fourth-order valence-corrected chi connectivity index (χ4v) is 4.74. The number of likely N-dealkylation sites (tertiary alicyclic amines) is 1. The normalized spacial score (nSPS) is 16.8. The average Bonchev–Trinajstić information content (AvgIpc) is 2.92. The zero-order valence-corrected chi connectivity index (χ0v) is 16.4. The average molecular weight is 377 g/mol. The van der Waals surface area contributed by atoms with Crippen LogP contribution in [-0.2, 0) is 22.3 Å². The minimum absolute atomic E-state index is 0.0474. The molecule has 5 nitrogen and oxygen atoms in total. The number of hydrogen-bond donors (Lipinski definition) is 1. The Hall–Kier alpha value is -1.63. The number of sulfonamides is 1. The first-order valence-corrected chi connectivity index (χ1v) is 10.9. The summed E-state index contributed by atoms with van der Waals surface area (Å²) < 4.78 is 32.9. The fraction of sp³-hybridized carbons (Fsp3) is 0.500. The lowest BCUT2D eigenvalue weighted by Crippen LogP contribution is -2.38. The van der Waals surface area contributed by atoms with Crippen LogP contribution in [0.2, 0.25) is 0 Å². The van der Waals surface area contributed by atoms with Crippen LogP contribution in [0.3, 0.4) is 0 Å². The van der Waals surface area contributed by atoms with Crippen LogP contribution in [0, 0.1) is 19.8 Å². The summed E-state index contributed by atoms with van der Waals surface area (Å²) in [6.07, 6.45) is 2.04. The predicted molar refractivity (Wildman–Crippen MR) is 103 cm³/mol. The van der Waals surface area contributed by atoms with Crippen LogP contribution in [0.25, 0.3) is 0 Å². The van der Waals surface area contributed by atoms with Crippen molar-refractivity contribution in [2.75, 3.05) is 19.6 Å². The topological polar surface area (TPSA) is 62.6 Å². The third-order valence-corrected chi connectivity index (χ3v) is 6.36. The lowest BCUT2D eigenvalue weighted by atomic mass is 9.97. The summed E-state index contributed by atoms with van der Waals surface area (Å²) >= 11 is 0. The molecule has 0 spiro atoms. The first-order valence-electron chi connectivity index (χ1n) is 9.21. The number of furan rings is 1. The molecule has 1 saturated heterocycles. The van der Waals surface area contributed by atoms with E-state index in [-0.39, 0.29) is 5.75 Å². The third-order valence-electron chi connectivity index (χ3n) is 5.04. The Balaban J connectivity index is 1.43. The molecule has 1 aromatic carbocycles. The summed E-state index contributed by atoms with van der Waals surface area (Å²) in [6.45, 7) is 7.42.